The SMILES string of the molecule is CC(C)CCOc1c[nH]c(COC(=O)Nc2ccccc2)cc1=O. The maximum absolute atomic E-state index is 12.0. The molecule has 0 aliphatic rings. The Morgan fingerprint density at radius 3 is 2.67 bits per heavy atom. The lowest BCUT2D eigenvalue weighted by molar-refractivity contribution is 0.153. The van der Waals surface area contributed by atoms with Gasteiger partial charge in [-0.2, -0.15) is 0 Å². The molecule has 6 nitrogen and oxygen atoms in total. The van der Waals surface area contributed by atoms with E-state index in [0.717, 1.165) is 6.42 Å². The van der Waals surface area contributed by atoms with Crippen molar-refractivity contribution in [1.29, 1.82) is 0 Å². The second kappa shape index (κ2) is 8.76. The van der Waals surface area contributed by atoms with Crippen molar-refractivity contribution in [3.05, 3.63) is 58.5 Å². The quantitative estimate of drug-likeness (QED) is 0.813. The van der Waals surface area contributed by atoms with Crippen molar-refractivity contribution in [1.82, 2.24) is 4.98 Å². The zero-order valence-electron chi connectivity index (χ0n) is 13.9. The van der Waals surface area contributed by atoms with Crippen LogP contribution in [0.2, 0.25) is 0 Å². The van der Waals surface area contributed by atoms with Crippen LogP contribution in [0.1, 0.15) is 26.0 Å². The average Bonchev–Trinajstić information content (AvgIpc) is 2.55. The Morgan fingerprint density at radius 1 is 1.25 bits per heavy atom. The lowest BCUT2D eigenvalue weighted by atomic mass is 10.1. The number of anilines is 1. The predicted octanol–water partition coefficient (Wildman–Crippen LogP) is 3.55. The molecule has 24 heavy (non-hydrogen) atoms. The molecule has 2 rings (SSSR count). The molecule has 0 aliphatic heterocycles. The molecule has 0 atom stereocenters. The van der Waals surface area contributed by atoms with Crippen LogP contribution in [0.4, 0.5) is 10.5 Å². The fraction of sp³-hybridized carbons (Fsp3) is 0.333. The van der Waals surface area contributed by atoms with Gasteiger partial charge in [-0.05, 0) is 24.5 Å². The smallest absolute Gasteiger partial charge is 0.412 e. The molecule has 1 heterocycles. The van der Waals surface area contributed by atoms with E-state index in [9.17, 15) is 9.59 Å². The van der Waals surface area contributed by atoms with Gasteiger partial charge >= 0.3 is 6.09 Å². The summed E-state index contributed by atoms with van der Waals surface area (Å²) in [6.07, 6.45) is 1.79. The van der Waals surface area contributed by atoms with Gasteiger partial charge in [-0.1, -0.05) is 32.0 Å². The fourth-order valence-corrected chi connectivity index (χ4v) is 1.92. The molecule has 0 saturated carbocycles. The molecule has 0 unspecified atom stereocenters. The van der Waals surface area contributed by atoms with Crippen LogP contribution in [-0.2, 0) is 11.3 Å². The summed E-state index contributed by atoms with van der Waals surface area (Å²) >= 11 is 0. The van der Waals surface area contributed by atoms with Crippen molar-refractivity contribution in [2.24, 2.45) is 5.92 Å². The molecule has 1 aromatic heterocycles. The van der Waals surface area contributed by atoms with Gasteiger partial charge in [0, 0.05) is 18.0 Å². The fourth-order valence-electron chi connectivity index (χ4n) is 1.92. The van der Waals surface area contributed by atoms with Crippen LogP contribution in [0, 0.1) is 5.92 Å². The molecule has 0 radical (unpaired) electrons. The Morgan fingerprint density at radius 2 is 2.00 bits per heavy atom. The Balaban J connectivity index is 1.83. The number of ether oxygens (including phenoxy) is 2. The van der Waals surface area contributed by atoms with E-state index in [2.05, 4.69) is 24.1 Å². The topological polar surface area (TPSA) is 80.4 Å². The predicted molar refractivity (Wildman–Crippen MR) is 92.3 cm³/mol. The average molecular weight is 330 g/mol. The minimum atomic E-state index is -0.584. The molecular formula is C18H22N2O4. The Bertz CT molecular complexity index is 710. The Kier molecular flexibility index (Phi) is 6.42. The van der Waals surface area contributed by atoms with Crippen LogP contribution in [0.25, 0.3) is 0 Å². The van der Waals surface area contributed by atoms with Crippen molar-refractivity contribution in [2.45, 2.75) is 26.9 Å². The highest BCUT2D eigenvalue weighted by molar-refractivity contribution is 5.84. The summed E-state index contributed by atoms with van der Waals surface area (Å²) in [5.41, 5.74) is 0.906. The van der Waals surface area contributed by atoms with Gasteiger partial charge in [0.1, 0.15) is 6.61 Å². The molecule has 0 bridgehead atoms. The molecule has 0 aliphatic carbocycles. The van der Waals surface area contributed by atoms with E-state index in [1.54, 1.807) is 12.1 Å². The van der Waals surface area contributed by atoms with Crippen LogP contribution in [0.5, 0.6) is 5.75 Å². The minimum absolute atomic E-state index is 0.0276. The van der Waals surface area contributed by atoms with Crippen LogP contribution >= 0.6 is 0 Å². The summed E-state index contributed by atoms with van der Waals surface area (Å²) in [5, 5.41) is 2.60. The number of hydrogen-bond donors (Lipinski definition) is 2. The van der Waals surface area contributed by atoms with Crippen molar-refractivity contribution in [3.63, 3.8) is 0 Å². The summed E-state index contributed by atoms with van der Waals surface area (Å²) < 4.78 is 10.5. The second-order valence-corrected chi connectivity index (χ2v) is 5.78. The molecule has 0 spiro atoms. The number of amides is 1. The monoisotopic (exact) mass is 330 g/mol. The summed E-state index contributed by atoms with van der Waals surface area (Å²) in [5.74, 6) is 0.785. The number of rotatable bonds is 7. The lowest BCUT2D eigenvalue weighted by Gasteiger charge is -2.09. The lowest BCUT2D eigenvalue weighted by Crippen LogP contribution is -2.15. The summed E-state index contributed by atoms with van der Waals surface area (Å²) in [4.78, 5) is 26.5. The first-order valence-electron chi connectivity index (χ1n) is 7.88. The van der Waals surface area contributed by atoms with E-state index < -0.39 is 6.09 Å². The van der Waals surface area contributed by atoms with Crippen molar-refractivity contribution >= 4 is 11.8 Å². The largest absolute Gasteiger partial charge is 0.488 e. The Hall–Kier alpha value is -2.76. The molecule has 1 aromatic carbocycles. The van der Waals surface area contributed by atoms with Crippen molar-refractivity contribution < 1.29 is 14.3 Å². The van der Waals surface area contributed by atoms with Gasteiger partial charge < -0.3 is 14.5 Å². The molecule has 1 amide bonds. The minimum Gasteiger partial charge on any atom is -0.488 e. The molecule has 0 fully saturated rings. The highest BCUT2D eigenvalue weighted by Gasteiger charge is 2.07. The van der Waals surface area contributed by atoms with Gasteiger partial charge in [-0.3, -0.25) is 10.1 Å². The maximum Gasteiger partial charge on any atom is 0.412 e. The molecule has 128 valence electrons. The van der Waals surface area contributed by atoms with E-state index in [1.807, 2.05) is 18.2 Å². The highest BCUT2D eigenvalue weighted by Crippen LogP contribution is 2.08. The number of aromatic nitrogens is 1. The van der Waals surface area contributed by atoms with Gasteiger partial charge in [0.15, 0.2) is 5.75 Å². The Labute approximate surface area is 140 Å². The highest BCUT2D eigenvalue weighted by atomic mass is 16.5. The van der Waals surface area contributed by atoms with Crippen molar-refractivity contribution in [2.75, 3.05) is 11.9 Å². The number of H-pyrrole nitrogens is 1. The van der Waals surface area contributed by atoms with Gasteiger partial charge in [0.2, 0.25) is 5.43 Å². The van der Waals surface area contributed by atoms with Crippen LogP contribution in [0.3, 0.4) is 0 Å². The molecule has 0 saturated heterocycles. The third-order valence-corrected chi connectivity index (χ3v) is 3.27. The molecule has 6 heteroatoms. The number of nitrogens with one attached hydrogen (secondary N) is 2. The van der Waals surface area contributed by atoms with E-state index >= 15 is 0 Å². The number of aromatic amines is 1. The first-order valence-corrected chi connectivity index (χ1v) is 7.88. The van der Waals surface area contributed by atoms with E-state index in [4.69, 9.17) is 9.47 Å². The van der Waals surface area contributed by atoms with Gasteiger partial charge in [-0.25, -0.2) is 4.79 Å². The molecule has 2 aromatic rings. The van der Waals surface area contributed by atoms with Gasteiger partial charge in [0.25, 0.3) is 0 Å². The first kappa shape index (κ1) is 17.6. The first-order chi connectivity index (χ1) is 11.5. The zero-order valence-corrected chi connectivity index (χ0v) is 13.9. The number of carbonyl (C=O) groups is 1. The van der Waals surface area contributed by atoms with Gasteiger partial charge in [0.05, 0.1) is 12.3 Å². The van der Waals surface area contributed by atoms with E-state index in [-0.39, 0.29) is 17.8 Å². The van der Waals surface area contributed by atoms with Crippen molar-refractivity contribution in [3.8, 4) is 5.75 Å². The summed E-state index contributed by atoms with van der Waals surface area (Å²) in [6.45, 7) is 4.65. The third kappa shape index (κ3) is 5.79. The summed E-state index contributed by atoms with van der Waals surface area (Å²) in [7, 11) is 0. The summed E-state index contributed by atoms with van der Waals surface area (Å²) in [6, 6.07) is 10.4. The number of para-hydroxylation sites is 1. The number of hydrogen-bond acceptors (Lipinski definition) is 4. The number of benzene rings is 1. The normalized spacial score (nSPS) is 10.5. The third-order valence-electron chi connectivity index (χ3n) is 3.27. The van der Waals surface area contributed by atoms with Crippen LogP contribution < -0.4 is 15.5 Å². The van der Waals surface area contributed by atoms with Crippen LogP contribution in [-0.4, -0.2) is 17.7 Å². The molecule has 2 N–H and O–H groups in total. The van der Waals surface area contributed by atoms with Crippen LogP contribution in [0.15, 0.2) is 47.4 Å². The second-order valence-electron chi connectivity index (χ2n) is 5.78. The molecular weight excluding hydrogens is 308 g/mol. The van der Waals surface area contributed by atoms with E-state index in [0.29, 0.717) is 23.9 Å². The maximum atomic E-state index is 12.0. The van der Waals surface area contributed by atoms with Gasteiger partial charge in [-0.15, -0.1) is 0 Å². The number of carbonyl (C=O) groups excluding carboxylic acids is 1. The zero-order chi connectivity index (χ0) is 17.4. The van der Waals surface area contributed by atoms with E-state index in [1.165, 1.54) is 12.3 Å². The standard InChI is InChI=1S/C18H22N2O4/c1-13(2)8-9-23-17-11-19-15(10-16(17)21)12-24-18(22)20-14-6-4-3-5-7-14/h3-7,10-11,13H,8-9,12H2,1-2H3,(H,19,21)(H,20,22). The number of pyridine rings is 1.